The van der Waals surface area contributed by atoms with Crippen LogP contribution in [0.25, 0.3) is 0 Å². The van der Waals surface area contributed by atoms with Gasteiger partial charge in [0.1, 0.15) is 0 Å². The molecule has 2 N–H and O–H groups in total. The van der Waals surface area contributed by atoms with Crippen LogP contribution in [-0.2, 0) is 0 Å². The Kier molecular flexibility index (Phi) is 5.01. The molecule has 0 aromatic heterocycles. The summed E-state index contributed by atoms with van der Waals surface area (Å²) in [4.78, 5) is 5.20. The highest BCUT2D eigenvalue weighted by Gasteiger charge is 2.39. The lowest BCUT2D eigenvalue weighted by molar-refractivity contribution is 0.0508. The average molecular weight is 255 g/mol. The Morgan fingerprint density at radius 1 is 1.28 bits per heavy atom. The van der Waals surface area contributed by atoms with Gasteiger partial charge in [-0.05, 0) is 65.8 Å². The van der Waals surface area contributed by atoms with E-state index in [-0.39, 0.29) is 0 Å². The Balaban J connectivity index is 2.06. The summed E-state index contributed by atoms with van der Waals surface area (Å²) in [5.41, 5.74) is 0.367. The van der Waals surface area contributed by atoms with Crippen molar-refractivity contribution in [2.75, 3.05) is 46.4 Å². The number of piperidine rings is 1. The molecular formula is C14H29N3O. The summed E-state index contributed by atoms with van der Waals surface area (Å²) in [6.07, 6.45) is 4.66. The summed E-state index contributed by atoms with van der Waals surface area (Å²) in [5, 5.41) is 12.6. The zero-order chi connectivity index (χ0) is 13.0. The molecule has 2 heterocycles. The summed E-state index contributed by atoms with van der Waals surface area (Å²) in [6, 6.07) is 0.508. The highest BCUT2D eigenvalue weighted by Crippen LogP contribution is 2.29. The van der Waals surface area contributed by atoms with E-state index in [1.807, 2.05) is 0 Å². The molecule has 1 atom stereocenters. The van der Waals surface area contributed by atoms with Crippen molar-refractivity contribution in [2.45, 2.75) is 44.2 Å². The van der Waals surface area contributed by atoms with Gasteiger partial charge in [0, 0.05) is 24.7 Å². The Hall–Kier alpha value is -0.160. The van der Waals surface area contributed by atoms with Gasteiger partial charge in [0.2, 0.25) is 0 Å². The highest BCUT2D eigenvalue weighted by molar-refractivity contribution is 4.98. The smallest absolute Gasteiger partial charge is 0.0445 e. The van der Waals surface area contributed by atoms with Crippen LogP contribution in [0.2, 0.25) is 0 Å². The van der Waals surface area contributed by atoms with Gasteiger partial charge in [0.05, 0.1) is 0 Å². The van der Waals surface area contributed by atoms with Gasteiger partial charge < -0.3 is 10.4 Å². The highest BCUT2D eigenvalue weighted by atomic mass is 16.3. The summed E-state index contributed by atoms with van der Waals surface area (Å²) in [5.74, 6) is 0. The van der Waals surface area contributed by atoms with Crippen LogP contribution < -0.4 is 5.32 Å². The molecule has 2 fully saturated rings. The predicted molar refractivity (Wildman–Crippen MR) is 74.8 cm³/mol. The molecule has 0 bridgehead atoms. The third-order valence-electron chi connectivity index (χ3n) is 4.95. The van der Waals surface area contributed by atoms with E-state index >= 15 is 0 Å². The fraction of sp³-hybridized carbons (Fsp3) is 1.00. The summed E-state index contributed by atoms with van der Waals surface area (Å²) >= 11 is 0. The predicted octanol–water partition coefficient (Wildman–Crippen LogP) is 0.517. The van der Waals surface area contributed by atoms with Crippen LogP contribution in [-0.4, -0.2) is 72.9 Å². The Morgan fingerprint density at radius 3 is 2.67 bits per heavy atom. The molecule has 0 radical (unpaired) electrons. The summed E-state index contributed by atoms with van der Waals surface area (Å²) in [7, 11) is 2.30. The van der Waals surface area contributed by atoms with Crippen molar-refractivity contribution in [3.8, 4) is 0 Å². The van der Waals surface area contributed by atoms with Crippen LogP contribution in [0, 0.1) is 0 Å². The van der Waals surface area contributed by atoms with Gasteiger partial charge in [-0.3, -0.25) is 9.80 Å². The molecule has 2 aliphatic heterocycles. The minimum Gasteiger partial charge on any atom is -0.396 e. The van der Waals surface area contributed by atoms with E-state index in [0.29, 0.717) is 18.2 Å². The molecule has 0 amide bonds. The number of aliphatic hydroxyl groups excluding tert-OH is 1. The maximum atomic E-state index is 9.14. The summed E-state index contributed by atoms with van der Waals surface area (Å²) < 4.78 is 0. The molecule has 2 aliphatic rings. The zero-order valence-corrected chi connectivity index (χ0v) is 12.0. The number of rotatable bonds is 3. The third-order valence-corrected chi connectivity index (χ3v) is 4.95. The van der Waals surface area contributed by atoms with Gasteiger partial charge in [-0.2, -0.15) is 0 Å². The van der Waals surface area contributed by atoms with Crippen molar-refractivity contribution in [1.82, 2.24) is 15.1 Å². The fourth-order valence-electron chi connectivity index (χ4n) is 3.50. The first kappa shape index (κ1) is 14.3. The van der Waals surface area contributed by atoms with Gasteiger partial charge in [-0.1, -0.05) is 0 Å². The maximum Gasteiger partial charge on any atom is 0.0445 e. The number of nitrogens with zero attached hydrogens (tertiary/aromatic N) is 2. The van der Waals surface area contributed by atoms with Crippen molar-refractivity contribution in [1.29, 1.82) is 0 Å². The molecule has 0 aromatic carbocycles. The number of hydrogen-bond donors (Lipinski definition) is 2. The lowest BCUT2D eigenvalue weighted by atomic mass is 9.86. The van der Waals surface area contributed by atoms with E-state index in [1.54, 1.807) is 0 Å². The Bertz CT molecular complexity index is 253. The second kappa shape index (κ2) is 6.33. The third kappa shape index (κ3) is 3.05. The largest absolute Gasteiger partial charge is 0.396 e. The van der Waals surface area contributed by atoms with Crippen LogP contribution in [0.1, 0.15) is 32.6 Å². The van der Waals surface area contributed by atoms with Gasteiger partial charge >= 0.3 is 0 Å². The van der Waals surface area contributed by atoms with Gasteiger partial charge in [-0.15, -0.1) is 0 Å². The van der Waals surface area contributed by atoms with Gasteiger partial charge in [0.25, 0.3) is 0 Å². The number of nitrogens with one attached hydrogen (secondary N) is 1. The van der Waals surface area contributed by atoms with E-state index < -0.39 is 0 Å². The molecule has 4 nitrogen and oxygen atoms in total. The van der Waals surface area contributed by atoms with Crippen molar-refractivity contribution in [3.05, 3.63) is 0 Å². The SMILES string of the molecule is CC(CCO)N1CCCN(C)C2(CCNCC2)C1. The lowest BCUT2D eigenvalue weighted by Crippen LogP contribution is -2.58. The molecule has 18 heavy (non-hydrogen) atoms. The van der Waals surface area contributed by atoms with Crippen LogP contribution >= 0.6 is 0 Å². The lowest BCUT2D eigenvalue weighted by Gasteiger charge is -2.46. The van der Waals surface area contributed by atoms with Crippen LogP contribution in [0.5, 0.6) is 0 Å². The molecule has 1 spiro atoms. The second-order valence-electron chi connectivity index (χ2n) is 6.08. The molecule has 0 saturated carbocycles. The van der Waals surface area contributed by atoms with Gasteiger partial charge in [0.15, 0.2) is 0 Å². The first-order valence-corrected chi connectivity index (χ1v) is 7.45. The zero-order valence-electron chi connectivity index (χ0n) is 12.0. The molecule has 2 rings (SSSR count). The summed E-state index contributed by atoms with van der Waals surface area (Å²) in [6.45, 7) is 8.42. The van der Waals surface area contributed by atoms with Crippen LogP contribution in [0.3, 0.4) is 0 Å². The van der Waals surface area contributed by atoms with Crippen LogP contribution in [0.15, 0.2) is 0 Å². The molecular weight excluding hydrogens is 226 g/mol. The Morgan fingerprint density at radius 2 is 2.00 bits per heavy atom. The maximum absolute atomic E-state index is 9.14. The van der Waals surface area contributed by atoms with Gasteiger partial charge in [-0.25, -0.2) is 0 Å². The minimum atomic E-state index is 0.308. The Labute approximate surface area is 111 Å². The number of likely N-dealkylation sites (N-methyl/N-ethyl adjacent to an activating group) is 1. The standard InChI is InChI=1S/C14H29N3O/c1-13(4-11-18)17-10-3-9-16(2)14(12-17)5-7-15-8-6-14/h13,15,18H,3-12H2,1-2H3. The van der Waals surface area contributed by atoms with Crippen molar-refractivity contribution in [3.63, 3.8) is 0 Å². The fourth-order valence-corrected chi connectivity index (χ4v) is 3.50. The molecule has 4 heteroatoms. The molecule has 0 aromatic rings. The topological polar surface area (TPSA) is 38.7 Å². The second-order valence-corrected chi connectivity index (χ2v) is 6.08. The monoisotopic (exact) mass is 255 g/mol. The van der Waals surface area contributed by atoms with Crippen molar-refractivity contribution in [2.24, 2.45) is 0 Å². The van der Waals surface area contributed by atoms with E-state index in [2.05, 4.69) is 29.1 Å². The first-order valence-electron chi connectivity index (χ1n) is 7.45. The number of hydrogen-bond acceptors (Lipinski definition) is 4. The molecule has 106 valence electrons. The molecule has 2 saturated heterocycles. The van der Waals surface area contributed by atoms with E-state index in [4.69, 9.17) is 5.11 Å². The van der Waals surface area contributed by atoms with Crippen molar-refractivity contribution < 1.29 is 5.11 Å². The van der Waals surface area contributed by atoms with E-state index in [0.717, 1.165) is 19.5 Å². The number of aliphatic hydroxyl groups is 1. The first-order chi connectivity index (χ1) is 8.68. The quantitative estimate of drug-likeness (QED) is 0.771. The van der Waals surface area contributed by atoms with E-state index in [9.17, 15) is 0 Å². The van der Waals surface area contributed by atoms with E-state index in [1.165, 1.54) is 38.9 Å². The molecule has 1 unspecified atom stereocenters. The molecule has 0 aliphatic carbocycles. The van der Waals surface area contributed by atoms with Crippen molar-refractivity contribution >= 4 is 0 Å². The normalized spacial score (nSPS) is 28.2. The van der Waals surface area contributed by atoms with Crippen LogP contribution in [0.4, 0.5) is 0 Å². The average Bonchev–Trinajstić information content (AvgIpc) is 2.52. The minimum absolute atomic E-state index is 0.308.